The van der Waals surface area contributed by atoms with Gasteiger partial charge in [-0.15, -0.1) is 0 Å². The molecule has 0 amide bonds. The number of nitrogens with zero attached hydrogens (tertiary/aromatic N) is 2. The Morgan fingerprint density at radius 3 is 1.35 bits per heavy atom. The number of rotatable bonds is 5. The molecule has 0 aliphatic carbocycles. The monoisotopic (exact) mass is 610 g/mol. The van der Waals surface area contributed by atoms with Gasteiger partial charge in [0, 0.05) is 16.7 Å². The van der Waals surface area contributed by atoms with Gasteiger partial charge < -0.3 is 0 Å². The molecule has 0 saturated carbocycles. The average molecular weight is 611 g/mol. The molecule has 1 heterocycles. The van der Waals surface area contributed by atoms with Crippen molar-refractivity contribution >= 4 is 32.3 Å². The molecule has 224 valence electrons. The number of benzene rings is 8. The molecule has 2 heteroatoms. The summed E-state index contributed by atoms with van der Waals surface area (Å²) in [6, 6.07) is 64.5. The van der Waals surface area contributed by atoms with Crippen LogP contribution in [0.3, 0.4) is 0 Å². The smallest absolute Gasteiger partial charge is 0.160 e. The van der Waals surface area contributed by atoms with Crippen molar-refractivity contribution in [1.29, 1.82) is 0 Å². The van der Waals surface area contributed by atoms with Crippen molar-refractivity contribution in [3.05, 3.63) is 182 Å². The zero-order valence-electron chi connectivity index (χ0n) is 26.2. The lowest BCUT2D eigenvalue weighted by molar-refractivity contribution is 1.18. The van der Waals surface area contributed by atoms with Crippen molar-refractivity contribution in [2.75, 3.05) is 0 Å². The van der Waals surface area contributed by atoms with Gasteiger partial charge in [0.25, 0.3) is 0 Å². The highest BCUT2D eigenvalue weighted by Gasteiger charge is 2.15. The minimum absolute atomic E-state index is 0.716. The topological polar surface area (TPSA) is 25.8 Å². The van der Waals surface area contributed by atoms with Gasteiger partial charge in [-0.25, -0.2) is 9.97 Å². The maximum absolute atomic E-state index is 5.11. The molecule has 9 rings (SSSR count). The van der Waals surface area contributed by atoms with E-state index >= 15 is 0 Å². The second kappa shape index (κ2) is 11.8. The van der Waals surface area contributed by atoms with Crippen LogP contribution in [0.5, 0.6) is 0 Å². The summed E-state index contributed by atoms with van der Waals surface area (Å²) < 4.78 is 0. The van der Waals surface area contributed by atoms with Crippen LogP contribution in [0, 0.1) is 0 Å². The van der Waals surface area contributed by atoms with Crippen molar-refractivity contribution < 1.29 is 0 Å². The van der Waals surface area contributed by atoms with Gasteiger partial charge in [0.15, 0.2) is 5.82 Å². The second-order valence-electron chi connectivity index (χ2n) is 12.2. The standard InChI is InChI=1S/C46H30N2/c1-3-13-33(14-4-1)44-30-45(48-46(47-44)34-15-5-2-6-16-34)42-22-12-7-17-36(42)32-25-23-31(24-26-32)35-27-28-41-39-20-9-8-18-37(39)38-19-10-11-21-40(38)43(41)29-35/h1-30H. The van der Waals surface area contributed by atoms with E-state index in [-0.39, 0.29) is 0 Å². The van der Waals surface area contributed by atoms with E-state index < -0.39 is 0 Å². The van der Waals surface area contributed by atoms with Gasteiger partial charge in [0.05, 0.1) is 11.4 Å². The molecule has 0 fully saturated rings. The summed E-state index contributed by atoms with van der Waals surface area (Å²) in [5.41, 5.74) is 9.62. The largest absolute Gasteiger partial charge is 0.228 e. The molecule has 8 aromatic carbocycles. The van der Waals surface area contributed by atoms with E-state index in [1.165, 1.54) is 43.4 Å². The van der Waals surface area contributed by atoms with Gasteiger partial charge in [0.1, 0.15) is 0 Å². The number of hydrogen-bond acceptors (Lipinski definition) is 2. The first-order valence-corrected chi connectivity index (χ1v) is 16.3. The third-order valence-corrected chi connectivity index (χ3v) is 9.30. The normalized spacial score (nSPS) is 11.3. The van der Waals surface area contributed by atoms with Crippen molar-refractivity contribution in [2.24, 2.45) is 0 Å². The Morgan fingerprint density at radius 2 is 0.708 bits per heavy atom. The summed E-state index contributed by atoms with van der Waals surface area (Å²) >= 11 is 0. The van der Waals surface area contributed by atoms with Gasteiger partial charge in [-0.05, 0) is 66.7 Å². The predicted molar refractivity (Wildman–Crippen MR) is 202 cm³/mol. The minimum Gasteiger partial charge on any atom is -0.228 e. The molecule has 0 bridgehead atoms. The maximum atomic E-state index is 5.11. The quantitative estimate of drug-likeness (QED) is 0.181. The van der Waals surface area contributed by atoms with E-state index in [2.05, 4.69) is 158 Å². The Balaban J connectivity index is 1.14. The highest BCUT2D eigenvalue weighted by atomic mass is 14.9. The summed E-state index contributed by atoms with van der Waals surface area (Å²) in [4.78, 5) is 10.1. The number of hydrogen-bond donors (Lipinski definition) is 0. The second-order valence-corrected chi connectivity index (χ2v) is 12.2. The fraction of sp³-hybridized carbons (Fsp3) is 0. The Labute approximate surface area is 279 Å². The van der Waals surface area contributed by atoms with E-state index in [9.17, 15) is 0 Å². The molecule has 0 aliphatic rings. The highest BCUT2D eigenvalue weighted by molar-refractivity contribution is 6.25. The van der Waals surface area contributed by atoms with E-state index in [4.69, 9.17) is 9.97 Å². The highest BCUT2D eigenvalue weighted by Crippen LogP contribution is 2.38. The van der Waals surface area contributed by atoms with Crippen LogP contribution >= 0.6 is 0 Å². The molecule has 0 saturated heterocycles. The summed E-state index contributed by atoms with van der Waals surface area (Å²) in [7, 11) is 0. The summed E-state index contributed by atoms with van der Waals surface area (Å²) in [6.45, 7) is 0. The first kappa shape index (κ1) is 27.9. The van der Waals surface area contributed by atoms with Crippen LogP contribution in [0.25, 0.3) is 88.5 Å². The fourth-order valence-corrected chi connectivity index (χ4v) is 6.95. The molecule has 2 nitrogen and oxygen atoms in total. The van der Waals surface area contributed by atoms with Crippen LogP contribution in [0.15, 0.2) is 182 Å². The first-order chi connectivity index (χ1) is 23.8. The molecular weight excluding hydrogens is 581 g/mol. The summed E-state index contributed by atoms with van der Waals surface area (Å²) in [5, 5.41) is 7.73. The molecule has 0 N–H and O–H groups in total. The van der Waals surface area contributed by atoms with Crippen molar-refractivity contribution in [3.8, 4) is 56.2 Å². The SMILES string of the molecule is c1ccc(-c2cc(-c3ccccc3-c3ccc(-c4ccc5c6ccccc6c6ccccc6c5c4)cc3)nc(-c3ccccc3)n2)cc1. The molecule has 48 heavy (non-hydrogen) atoms. The molecule has 0 unspecified atom stereocenters. The van der Waals surface area contributed by atoms with Gasteiger partial charge in [0.2, 0.25) is 0 Å². The van der Waals surface area contributed by atoms with Crippen LogP contribution in [0.4, 0.5) is 0 Å². The summed E-state index contributed by atoms with van der Waals surface area (Å²) in [5.74, 6) is 0.716. The first-order valence-electron chi connectivity index (χ1n) is 16.3. The molecule has 9 aromatic rings. The lowest BCUT2D eigenvalue weighted by Crippen LogP contribution is -1.97. The van der Waals surface area contributed by atoms with Crippen LogP contribution in [0.1, 0.15) is 0 Å². The molecule has 0 aliphatic heterocycles. The fourth-order valence-electron chi connectivity index (χ4n) is 6.95. The Hall–Kier alpha value is -6.38. The number of aromatic nitrogens is 2. The van der Waals surface area contributed by atoms with Gasteiger partial charge >= 0.3 is 0 Å². The van der Waals surface area contributed by atoms with Gasteiger partial charge in [-0.3, -0.25) is 0 Å². The van der Waals surface area contributed by atoms with Crippen molar-refractivity contribution in [2.45, 2.75) is 0 Å². The van der Waals surface area contributed by atoms with Crippen LogP contribution in [-0.2, 0) is 0 Å². The third kappa shape index (κ3) is 4.92. The number of fused-ring (bicyclic) bond motifs is 6. The van der Waals surface area contributed by atoms with E-state index in [0.29, 0.717) is 5.82 Å². The van der Waals surface area contributed by atoms with E-state index in [0.717, 1.165) is 39.2 Å². The molecule has 0 spiro atoms. The van der Waals surface area contributed by atoms with Crippen molar-refractivity contribution in [3.63, 3.8) is 0 Å². The zero-order valence-corrected chi connectivity index (χ0v) is 26.2. The molecular formula is C46H30N2. The Bertz CT molecular complexity index is 2500. The molecule has 0 radical (unpaired) electrons. The molecule has 1 aromatic heterocycles. The molecule has 0 atom stereocenters. The Morgan fingerprint density at radius 1 is 0.250 bits per heavy atom. The van der Waals surface area contributed by atoms with E-state index in [1.807, 2.05) is 24.3 Å². The van der Waals surface area contributed by atoms with Crippen LogP contribution in [0.2, 0.25) is 0 Å². The van der Waals surface area contributed by atoms with Crippen LogP contribution < -0.4 is 0 Å². The van der Waals surface area contributed by atoms with Gasteiger partial charge in [-0.1, -0.05) is 170 Å². The zero-order chi connectivity index (χ0) is 31.9. The van der Waals surface area contributed by atoms with Crippen molar-refractivity contribution in [1.82, 2.24) is 9.97 Å². The lowest BCUT2D eigenvalue weighted by atomic mass is 9.91. The third-order valence-electron chi connectivity index (χ3n) is 9.30. The lowest BCUT2D eigenvalue weighted by Gasteiger charge is -2.14. The van der Waals surface area contributed by atoms with Gasteiger partial charge in [-0.2, -0.15) is 0 Å². The average Bonchev–Trinajstić information content (AvgIpc) is 3.18. The van der Waals surface area contributed by atoms with E-state index in [1.54, 1.807) is 0 Å². The predicted octanol–water partition coefficient (Wildman–Crippen LogP) is 12.3. The maximum Gasteiger partial charge on any atom is 0.160 e. The minimum atomic E-state index is 0.716. The summed E-state index contributed by atoms with van der Waals surface area (Å²) in [6.07, 6.45) is 0. The Kier molecular flexibility index (Phi) is 6.84. The van der Waals surface area contributed by atoms with Crippen LogP contribution in [-0.4, -0.2) is 9.97 Å².